The highest BCUT2D eigenvalue weighted by Crippen LogP contribution is 2.54. The van der Waals surface area contributed by atoms with Crippen LogP contribution in [0.2, 0.25) is 0 Å². The van der Waals surface area contributed by atoms with Gasteiger partial charge in [0.2, 0.25) is 11.8 Å². The molecule has 1 aliphatic carbocycles. The van der Waals surface area contributed by atoms with Gasteiger partial charge in [-0.1, -0.05) is 38.1 Å². The predicted octanol–water partition coefficient (Wildman–Crippen LogP) is 1.06. The van der Waals surface area contributed by atoms with Gasteiger partial charge in [-0.15, -0.1) is 0 Å². The number of piperidine rings is 1. The number of aliphatic carboxylic acids is 1. The average molecular weight is 444 g/mol. The number of carbonyl (C=O) groups excluding carboxylic acids is 2. The minimum Gasteiger partial charge on any atom is -0.480 e. The number of amides is 2. The quantitative estimate of drug-likeness (QED) is 0.270. The van der Waals surface area contributed by atoms with Crippen LogP contribution in [0.5, 0.6) is 0 Å². The molecule has 0 radical (unpaired) electrons. The monoisotopic (exact) mass is 443 g/mol. The molecule has 2 fully saturated rings. The van der Waals surface area contributed by atoms with Gasteiger partial charge in [0.25, 0.3) is 0 Å². The van der Waals surface area contributed by atoms with Crippen LogP contribution >= 0.6 is 0 Å². The van der Waals surface area contributed by atoms with Gasteiger partial charge in [-0.25, -0.2) is 0 Å². The second kappa shape index (κ2) is 9.68. The van der Waals surface area contributed by atoms with Crippen LogP contribution in [-0.2, 0) is 20.9 Å². The summed E-state index contributed by atoms with van der Waals surface area (Å²) in [5, 5.41) is 22.4. The molecule has 0 spiro atoms. The zero-order chi connectivity index (χ0) is 23.5. The zero-order valence-corrected chi connectivity index (χ0v) is 18.7. The molecule has 32 heavy (non-hydrogen) atoms. The van der Waals surface area contributed by atoms with E-state index in [2.05, 4.69) is 10.6 Å². The third-order valence-corrected chi connectivity index (χ3v) is 6.37. The fraction of sp³-hybridized carbons (Fsp3) is 0.565. The number of carboxylic acid groups (broad SMARTS) is 1. The Morgan fingerprint density at radius 3 is 2.56 bits per heavy atom. The number of nitrogen functional groups attached to an aromatic ring is 1. The molecular formula is C23H33N5O4. The lowest BCUT2D eigenvalue weighted by atomic mass is 9.97. The van der Waals surface area contributed by atoms with Gasteiger partial charge in [0.15, 0.2) is 0 Å². The van der Waals surface area contributed by atoms with E-state index < -0.39 is 17.6 Å². The van der Waals surface area contributed by atoms with Crippen molar-refractivity contribution in [2.45, 2.75) is 57.7 Å². The summed E-state index contributed by atoms with van der Waals surface area (Å²) in [5.41, 5.74) is 6.14. The molecule has 6 N–H and O–H groups in total. The van der Waals surface area contributed by atoms with Crippen molar-refractivity contribution in [3.05, 3.63) is 35.4 Å². The fourth-order valence-electron chi connectivity index (χ4n) is 4.67. The van der Waals surface area contributed by atoms with E-state index in [1.54, 1.807) is 17.0 Å². The van der Waals surface area contributed by atoms with E-state index in [1.165, 1.54) is 0 Å². The summed E-state index contributed by atoms with van der Waals surface area (Å²) in [6.07, 6.45) is 2.89. The van der Waals surface area contributed by atoms with Crippen molar-refractivity contribution < 1.29 is 19.5 Å². The van der Waals surface area contributed by atoms with Crippen molar-refractivity contribution in [3.63, 3.8) is 0 Å². The van der Waals surface area contributed by atoms with Crippen molar-refractivity contribution in [1.29, 1.82) is 5.41 Å². The molecule has 1 aliphatic heterocycles. The normalized spacial score (nSPS) is 22.7. The van der Waals surface area contributed by atoms with E-state index in [0.29, 0.717) is 31.5 Å². The first kappa shape index (κ1) is 23.7. The molecule has 2 aliphatic rings. The molecule has 2 amide bonds. The Kier molecular flexibility index (Phi) is 7.18. The first-order valence-electron chi connectivity index (χ1n) is 11.1. The Morgan fingerprint density at radius 2 is 1.97 bits per heavy atom. The van der Waals surface area contributed by atoms with Crippen LogP contribution in [0.25, 0.3) is 0 Å². The first-order valence-corrected chi connectivity index (χ1v) is 11.1. The lowest BCUT2D eigenvalue weighted by Gasteiger charge is -2.38. The number of fused-ring (bicyclic) bond motifs is 1. The number of rotatable bonds is 10. The Balaban J connectivity index is 1.70. The van der Waals surface area contributed by atoms with Crippen LogP contribution < -0.4 is 16.4 Å². The Hall–Kier alpha value is -2.94. The standard InChI is InChI=1S/C23H33N5O4/c1-14(2)10-18(26-13-19(29)30)21(31)28-9-3-4-17-11-23(17,28)22(32)27-12-15-5-7-16(8-6-15)20(24)25/h5-8,14,17-18,26H,3-4,9-13H2,1-2H3,(H3,24,25)(H,27,32)(H,29,30)/t17-,18-,23+/m1/s1. The second-order valence-electron chi connectivity index (χ2n) is 9.21. The molecule has 1 aromatic rings. The van der Waals surface area contributed by atoms with Crippen molar-refractivity contribution in [1.82, 2.24) is 15.5 Å². The molecule has 0 bridgehead atoms. The van der Waals surface area contributed by atoms with Crippen molar-refractivity contribution in [2.24, 2.45) is 17.6 Å². The number of hydrogen-bond donors (Lipinski definition) is 5. The molecule has 9 heteroatoms. The number of nitrogens with zero attached hydrogens (tertiary/aromatic N) is 1. The van der Waals surface area contributed by atoms with Gasteiger partial charge < -0.3 is 21.1 Å². The van der Waals surface area contributed by atoms with E-state index in [0.717, 1.165) is 18.4 Å². The number of hydrogen-bond acceptors (Lipinski definition) is 5. The van der Waals surface area contributed by atoms with Gasteiger partial charge in [-0.05, 0) is 43.1 Å². The van der Waals surface area contributed by atoms with Crippen molar-refractivity contribution in [3.8, 4) is 0 Å². The SMILES string of the molecule is CC(C)C[C@@H](NCC(=O)O)C(=O)N1CCC[C@@H]2C[C@@]21C(=O)NCc1ccc(C(=N)N)cc1. The van der Waals surface area contributed by atoms with Gasteiger partial charge in [-0.3, -0.25) is 25.1 Å². The maximum atomic E-state index is 13.4. The number of benzene rings is 1. The maximum Gasteiger partial charge on any atom is 0.317 e. The Labute approximate surface area is 188 Å². The molecule has 1 heterocycles. The number of nitrogens with one attached hydrogen (secondary N) is 3. The summed E-state index contributed by atoms with van der Waals surface area (Å²) in [4.78, 5) is 39.4. The van der Waals surface area contributed by atoms with E-state index in [1.807, 2.05) is 26.0 Å². The molecule has 1 aromatic carbocycles. The van der Waals surface area contributed by atoms with Crippen LogP contribution in [0.15, 0.2) is 24.3 Å². The highest BCUT2D eigenvalue weighted by molar-refractivity contribution is 5.97. The predicted molar refractivity (Wildman–Crippen MR) is 120 cm³/mol. The highest BCUT2D eigenvalue weighted by Gasteiger charge is 2.66. The smallest absolute Gasteiger partial charge is 0.317 e. The number of carbonyl (C=O) groups is 3. The number of carboxylic acids is 1. The van der Waals surface area contributed by atoms with E-state index in [-0.39, 0.29) is 36.0 Å². The first-order chi connectivity index (χ1) is 15.1. The summed E-state index contributed by atoms with van der Waals surface area (Å²) in [7, 11) is 0. The summed E-state index contributed by atoms with van der Waals surface area (Å²) >= 11 is 0. The van der Waals surface area contributed by atoms with E-state index in [9.17, 15) is 14.4 Å². The summed E-state index contributed by atoms with van der Waals surface area (Å²) in [5.74, 6) is -1.04. The highest BCUT2D eigenvalue weighted by atomic mass is 16.4. The topological polar surface area (TPSA) is 149 Å². The van der Waals surface area contributed by atoms with Crippen molar-refractivity contribution in [2.75, 3.05) is 13.1 Å². The minimum atomic E-state index is -1.02. The maximum absolute atomic E-state index is 13.4. The Morgan fingerprint density at radius 1 is 1.28 bits per heavy atom. The lowest BCUT2D eigenvalue weighted by Crippen LogP contribution is -2.59. The number of amidine groups is 1. The van der Waals surface area contributed by atoms with E-state index >= 15 is 0 Å². The minimum absolute atomic E-state index is 0.0101. The van der Waals surface area contributed by atoms with Crippen LogP contribution in [0.3, 0.4) is 0 Å². The molecule has 0 unspecified atom stereocenters. The second-order valence-corrected chi connectivity index (χ2v) is 9.21. The molecular weight excluding hydrogens is 410 g/mol. The molecule has 1 saturated heterocycles. The van der Waals surface area contributed by atoms with Gasteiger partial charge in [0, 0.05) is 18.7 Å². The van der Waals surface area contributed by atoms with Crippen LogP contribution in [-0.4, -0.2) is 58.3 Å². The molecule has 174 valence electrons. The third kappa shape index (κ3) is 5.09. The summed E-state index contributed by atoms with van der Waals surface area (Å²) in [6, 6.07) is 6.48. The number of nitrogens with two attached hydrogens (primary N) is 1. The summed E-state index contributed by atoms with van der Waals surface area (Å²) in [6.45, 7) is 4.49. The fourth-order valence-corrected chi connectivity index (χ4v) is 4.67. The molecule has 1 saturated carbocycles. The van der Waals surface area contributed by atoms with E-state index in [4.69, 9.17) is 16.2 Å². The Bertz CT molecular complexity index is 885. The van der Waals surface area contributed by atoms with Crippen molar-refractivity contribution >= 4 is 23.6 Å². The molecule has 3 atom stereocenters. The largest absolute Gasteiger partial charge is 0.480 e. The number of likely N-dealkylation sites (tertiary alicyclic amines) is 1. The van der Waals surface area contributed by atoms with Gasteiger partial charge >= 0.3 is 5.97 Å². The lowest BCUT2D eigenvalue weighted by molar-refractivity contribution is -0.146. The summed E-state index contributed by atoms with van der Waals surface area (Å²) < 4.78 is 0. The van der Waals surface area contributed by atoms with Crippen LogP contribution in [0, 0.1) is 17.2 Å². The third-order valence-electron chi connectivity index (χ3n) is 6.37. The van der Waals surface area contributed by atoms with Gasteiger partial charge in [0.05, 0.1) is 12.6 Å². The molecule has 3 rings (SSSR count). The van der Waals surface area contributed by atoms with Crippen LogP contribution in [0.1, 0.15) is 50.7 Å². The average Bonchev–Trinajstić information content (AvgIpc) is 3.50. The molecule has 9 nitrogen and oxygen atoms in total. The van der Waals surface area contributed by atoms with Gasteiger partial charge in [-0.2, -0.15) is 0 Å². The zero-order valence-electron chi connectivity index (χ0n) is 18.7. The molecule has 0 aromatic heterocycles. The van der Waals surface area contributed by atoms with Gasteiger partial charge in [0.1, 0.15) is 11.4 Å². The van der Waals surface area contributed by atoms with Crippen LogP contribution in [0.4, 0.5) is 0 Å².